The Hall–Kier alpha value is -1.28. The Balaban J connectivity index is 2.50. The number of carbonyl (C=O) groups excluding carboxylic acids is 2. The van der Waals surface area contributed by atoms with E-state index in [4.69, 9.17) is 11.5 Å². The fraction of sp³-hybridized carbons (Fsp3) is 0.867. The lowest BCUT2D eigenvalue weighted by Crippen LogP contribution is -2.50. The third-order valence-corrected chi connectivity index (χ3v) is 4.38. The van der Waals surface area contributed by atoms with Crippen LogP contribution in [-0.2, 0) is 9.59 Å². The van der Waals surface area contributed by atoms with Gasteiger partial charge in [-0.1, -0.05) is 41.1 Å². The Labute approximate surface area is 135 Å². The second-order valence-electron chi connectivity index (χ2n) is 6.26. The highest BCUT2D eigenvalue weighted by atomic mass is 19.4. The van der Waals surface area contributed by atoms with Gasteiger partial charge in [0.25, 0.3) is 0 Å². The number of nitrogens with zero attached hydrogens (tertiary/aromatic N) is 1. The zero-order chi connectivity index (χ0) is 17.2. The van der Waals surface area contributed by atoms with Crippen molar-refractivity contribution >= 4 is 11.8 Å². The van der Waals surface area contributed by atoms with Crippen molar-refractivity contribution in [3.8, 4) is 0 Å². The van der Waals surface area contributed by atoms with Crippen LogP contribution in [0, 0.1) is 5.92 Å². The van der Waals surface area contributed by atoms with Gasteiger partial charge in [0.2, 0.25) is 5.91 Å². The first-order chi connectivity index (χ1) is 11.0. The maximum Gasteiger partial charge on any atom is 0.305 e. The van der Waals surface area contributed by atoms with E-state index in [2.05, 4.69) is 5.32 Å². The number of rotatable bonds is 9. The predicted molar refractivity (Wildman–Crippen MR) is 83.1 cm³/mol. The van der Waals surface area contributed by atoms with Crippen LogP contribution in [0.1, 0.15) is 57.8 Å². The summed E-state index contributed by atoms with van der Waals surface area (Å²) >= 11 is 0. The molecule has 0 spiro atoms. The predicted octanol–water partition coefficient (Wildman–Crippen LogP) is 1.50. The van der Waals surface area contributed by atoms with Crippen molar-refractivity contribution in [1.82, 2.24) is 10.7 Å². The van der Waals surface area contributed by atoms with Gasteiger partial charge in [0.15, 0.2) is 0 Å². The molecule has 6 nitrogen and oxygen atoms in total. The zero-order valence-corrected chi connectivity index (χ0v) is 13.5. The van der Waals surface area contributed by atoms with E-state index >= 15 is 0 Å². The van der Waals surface area contributed by atoms with E-state index in [0.717, 1.165) is 25.7 Å². The lowest BCUT2D eigenvalue weighted by molar-refractivity contribution is -0.190. The third kappa shape index (κ3) is 7.22. The number of halogens is 2. The highest BCUT2D eigenvalue weighted by Gasteiger charge is 2.29. The van der Waals surface area contributed by atoms with E-state index in [1.165, 1.54) is 6.42 Å². The molecule has 0 heterocycles. The molecule has 0 aromatic heterocycles. The van der Waals surface area contributed by atoms with Crippen molar-refractivity contribution in [2.24, 2.45) is 17.4 Å². The SMILES string of the molecule is NCCCC[C@H](NC(=O)[C@@H](N)CC1CCCCC1)C(=O)N(F)F. The van der Waals surface area contributed by atoms with Crippen LogP contribution in [-0.4, -0.2) is 35.8 Å². The fourth-order valence-corrected chi connectivity index (χ4v) is 3.04. The second kappa shape index (κ2) is 10.5. The lowest BCUT2D eigenvalue weighted by atomic mass is 9.85. The van der Waals surface area contributed by atoms with E-state index in [-0.39, 0.29) is 6.42 Å². The number of unbranched alkanes of at least 4 members (excludes halogenated alkanes) is 1. The maximum atomic E-state index is 12.5. The van der Waals surface area contributed by atoms with Crippen molar-refractivity contribution in [3.63, 3.8) is 0 Å². The highest BCUT2D eigenvalue weighted by Crippen LogP contribution is 2.27. The Morgan fingerprint density at radius 1 is 1.17 bits per heavy atom. The van der Waals surface area contributed by atoms with Gasteiger partial charge in [-0.3, -0.25) is 9.59 Å². The molecule has 1 rings (SSSR count). The number of hydrogen-bond acceptors (Lipinski definition) is 4. The number of amides is 2. The third-order valence-electron chi connectivity index (χ3n) is 4.38. The Morgan fingerprint density at radius 3 is 2.39 bits per heavy atom. The molecule has 1 fully saturated rings. The van der Waals surface area contributed by atoms with Crippen molar-refractivity contribution < 1.29 is 18.6 Å². The van der Waals surface area contributed by atoms with Crippen molar-refractivity contribution in [3.05, 3.63) is 0 Å². The molecule has 0 aromatic carbocycles. The van der Waals surface area contributed by atoms with Gasteiger partial charge >= 0.3 is 5.91 Å². The minimum Gasteiger partial charge on any atom is -0.343 e. The van der Waals surface area contributed by atoms with Crippen LogP contribution in [0.25, 0.3) is 0 Å². The van der Waals surface area contributed by atoms with E-state index < -0.39 is 29.2 Å². The molecule has 0 saturated heterocycles. The molecule has 2 amide bonds. The topological polar surface area (TPSA) is 101 Å². The number of nitrogens with one attached hydrogen (secondary N) is 1. The van der Waals surface area contributed by atoms with E-state index in [1.807, 2.05) is 0 Å². The normalized spacial score (nSPS) is 18.3. The summed E-state index contributed by atoms with van der Waals surface area (Å²) in [6.07, 6.45) is 7.32. The molecular formula is C15H28F2N4O2. The van der Waals surface area contributed by atoms with Crippen LogP contribution in [0.15, 0.2) is 0 Å². The van der Waals surface area contributed by atoms with Gasteiger partial charge in [-0.05, 0) is 43.5 Å². The quantitative estimate of drug-likeness (QED) is 0.439. The molecule has 5 N–H and O–H groups in total. The first-order valence-corrected chi connectivity index (χ1v) is 8.37. The highest BCUT2D eigenvalue weighted by molar-refractivity contribution is 5.88. The van der Waals surface area contributed by atoms with Gasteiger partial charge in [0.05, 0.1) is 6.04 Å². The molecule has 0 aromatic rings. The fourth-order valence-electron chi connectivity index (χ4n) is 3.04. The molecule has 134 valence electrons. The largest absolute Gasteiger partial charge is 0.343 e. The molecule has 1 aliphatic carbocycles. The smallest absolute Gasteiger partial charge is 0.305 e. The number of carbonyl (C=O) groups is 2. The van der Waals surface area contributed by atoms with Crippen LogP contribution in [0.4, 0.5) is 8.96 Å². The molecule has 0 bridgehead atoms. The summed E-state index contributed by atoms with van der Waals surface area (Å²) in [4.78, 5) is 23.6. The standard InChI is InChI=1S/C15H28F2N4O2/c16-21(17)15(23)13(8-4-5-9-18)20-14(22)12(19)10-11-6-2-1-3-7-11/h11-13H,1-10,18-19H2,(H,20,22)/t12-,13-/m0/s1. The average molecular weight is 334 g/mol. The molecule has 1 saturated carbocycles. The van der Waals surface area contributed by atoms with Gasteiger partial charge in [0, 0.05) is 0 Å². The molecule has 23 heavy (non-hydrogen) atoms. The number of hydrogen-bond donors (Lipinski definition) is 3. The minimum absolute atomic E-state index is 0.127. The van der Waals surface area contributed by atoms with Crippen molar-refractivity contribution in [2.45, 2.75) is 69.9 Å². The monoisotopic (exact) mass is 334 g/mol. The van der Waals surface area contributed by atoms with Gasteiger partial charge in [-0.25, -0.2) is 0 Å². The summed E-state index contributed by atoms with van der Waals surface area (Å²) in [5, 5.41) is 0.884. The zero-order valence-electron chi connectivity index (χ0n) is 13.5. The molecule has 0 unspecified atom stereocenters. The van der Waals surface area contributed by atoms with E-state index in [9.17, 15) is 18.6 Å². The summed E-state index contributed by atoms with van der Waals surface area (Å²) in [5.74, 6) is -1.56. The van der Waals surface area contributed by atoms with Crippen LogP contribution in [0.5, 0.6) is 0 Å². The van der Waals surface area contributed by atoms with Crippen molar-refractivity contribution in [2.75, 3.05) is 6.54 Å². The first kappa shape index (κ1) is 19.8. The lowest BCUT2D eigenvalue weighted by Gasteiger charge is -2.25. The van der Waals surface area contributed by atoms with Crippen LogP contribution in [0.3, 0.4) is 0 Å². The second-order valence-corrected chi connectivity index (χ2v) is 6.26. The van der Waals surface area contributed by atoms with Crippen LogP contribution in [0.2, 0.25) is 0 Å². The summed E-state index contributed by atoms with van der Waals surface area (Å²) in [7, 11) is 0. The number of nitrogens with two attached hydrogens (primary N) is 2. The maximum absolute atomic E-state index is 12.5. The van der Waals surface area contributed by atoms with Gasteiger partial charge in [-0.2, -0.15) is 0 Å². The first-order valence-electron chi connectivity index (χ1n) is 8.37. The summed E-state index contributed by atoms with van der Waals surface area (Å²) in [6.45, 7) is 0.408. The van der Waals surface area contributed by atoms with Crippen LogP contribution >= 0.6 is 0 Å². The summed E-state index contributed by atoms with van der Waals surface area (Å²) in [6, 6.07) is -2.02. The summed E-state index contributed by atoms with van der Waals surface area (Å²) < 4.78 is 25.0. The minimum atomic E-state index is -1.49. The van der Waals surface area contributed by atoms with Gasteiger partial charge in [-0.15, -0.1) is 0 Å². The van der Waals surface area contributed by atoms with E-state index in [1.54, 1.807) is 0 Å². The Bertz CT molecular complexity index is 376. The van der Waals surface area contributed by atoms with Crippen molar-refractivity contribution in [1.29, 1.82) is 0 Å². The average Bonchev–Trinajstić information content (AvgIpc) is 2.54. The summed E-state index contributed by atoms with van der Waals surface area (Å²) in [5.41, 5.74) is 11.2. The molecule has 0 aliphatic heterocycles. The van der Waals surface area contributed by atoms with E-state index in [0.29, 0.717) is 31.7 Å². The Morgan fingerprint density at radius 2 is 1.83 bits per heavy atom. The molecule has 0 radical (unpaired) electrons. The molecular weight excluding hydrogens is 306 g/mol. The van der Waals surface area contributed by atoms with Crippen LogP contribution < -0.4 is 16.8 Å². The molecule has 8 heteroatoms. The van der Waals surface area contributed by atoms with Gasteiger partial charge in [0.1, 0.15) is 6.04 Å². The van der Waals surface area contributed by atoms with Gasteiger partial charge < -0.3 is 16.8 Å². The molecule has 2 atom stereocenters. The molecule has 1 aliphatic rings. The Kier molecular flexibility index (Phi) is 9.01.